The number of hydrogen-bond acceptors (Lipinski definition) is 4. The number of rotatable bonds is 5. The second-order valence-electron chi connectivity index (χ2n) is 5.66. The van der Waals surface area contributed by atoms with Gasteiger partial charge in [0.1, 0.15) is 0 Å². The van der Waals surface area contributed by atoms with Gasteiger partial charge in [0.2, 0.25) is 11.8 Å². The number of amides is 2. The molecule has 0 unspecified atom stereocenters. The number of nitrogens with one attached hydrogen (secondary N) is 2. The fourth-order valence-electron chi connectivity index (χ4n) is 2.48. The Balaban J connectivity index is 1.97. The van der Waals surface area contributed by atoms with Crippen molar-refractivity contribution in [2.45, 2.75) is 26.3 Å². The van der Waals surface area contributed by atoms with Crippen LogP contribution in [0.1, 0.15) is 25.3 Å². The standard InChI is InChI=1S/C16H23N3O3/c1-12(20)18-10-13-2-4-14(5-3-13)19-15(21)16(11-17)6-8-22-9-7-16/h2-5H,6-11,17H2,1H3,(H,18,20)(H,19,21). The number of hydrogen-bond donors (Lipinski definition) is 3. The van der Waals surface area contributed by atoms with E-state index in [1.54, 1.807) is 0 Å². The second kappa shape index (κ2) is 7.38. The molecule has 1 aliphatic heterocycles. The minimum Gasteiger partial charge on any atom is -0.381 e. The third kappa shape index (κ3) is 4.05. The predicted molar refractivity (Wildman–Crippen MR) is 84.1 cm³/mol. The Morgan fingerprint density at radius 1 is 1.23 bits per heavy atom. The summed E-state index contributed by atoms with van der Waals surface area (Å²) in [7, 11) is 0. The molecule has 0 saturated carbocycles. The van der Waals surface area contributed by atoms with Gasteiger partial charge in [0.15, 0.2) is 0 Å². The van der Waals surface area contributed by atoms with Gasteiger partial charge in [-0.05, 0) is 30.5 Å². The molecule has 6 nitrogen and oxygen atoms in total. The molecule has 1 aromatic rings. The number of nitrogens with two attached hydrogens (primary N) is 1. The summed E-state index contributed by atoms with van der Waals surface area (Å²) in [5.41, 5.74) is 7.01. The molecule has 0 bridgehead atoms. The molecule has 0 radical (unpaired) electrons. The van der Waals surface area contributed by atoms with Crippen LogP contribution in [0.3, 0.4) is 0 Å². The number of carbonyl (C=O) groups excluding carboxylic acids is 2. The highest BCUT2D eigenvalue weighted by atomic mass is 16.5. The molecule has 1 aromatic carbocycles. The van der Waals surface area contributed by atoms with E-state index in [9.17, 15) is 9.59 Å². The predicted octanol–water partition coefficient (Wildman–Crippen LogP) is 1.02. The van der Waals surface area contributed by atoms with Crippen LogP contribution in [0.4, 0.5) is 5.69 Å². The van der Waals surface area contributed by atoms with Crippen molar-refractivity contribution in [3.63, 3.8) is 0 Å². The molecule has 1 saturated heterocycles. The van der Waals surface area contributed by atoms with Gasteiger partial charge in [-0.2, -0.15) is 0 Å². The minimum absolute atomic E-state index is 0.0482. The summed E-state index contributed by atoms with van der Waals surface area (Å²) in [5.74, 6) is -0.116. The van der Waals surface area contributed by atoms with Gasteiger partial charge in [-0.1, -0.05) is 12.1 Å². The van der Waals surface area contributed by atoms with Crippen LogP contribution < -0.4 is 16.4 Å². The lowest BCUT2D eigenvalue weighted by molar-refractivity contribution is -0.130. The van der Waals surface area contributed by atoms with Crippen LogP contribution in [0.25, 0.3) is 0 Å². The Morgan fingerprint density at radius 2 is 1.86 bits per heavy atom. The molecule has 4 N–H and O–H groups in total. The summed E-state index contributed by atoms with van der Waals surface area (Å²) >= 11 is 0. The maximum absolute atomic E-state index is 12.5. The van der Waals surface area contributed by atoms with E-state index in [0.717, 1.165) is 11.3 Å². The Hall–Kier alpha value is -1.92. The summed E-state index contributed by atoms with van der Waals surface area (Å²) in [4.78, 5) is 23.4. The molecule has 22 heavy (non-hydrogen) atoms. The lowest BCUT2D eigenvalue weighted by Crippen LogP contribution is -2.46. The average Bonchev–Trinajstić information content (AvgIpc) is 2.54. The maximum atomic E-state index is 12.5. The summed E-state index contributed by atoms with van der Waals surface area (Å²) in [6, 6.07) is 7.42. The molecule has 2 rings (SSSR count). The highest BCUT2D eigenvalue weighted by Gasteiger charge is 2.38. The Bertz CT molecular complexity index is 522. The molecule has 6 heteroatoms. The molecule has 2 amide bonds. The molecule has 120 valence electrons. The molecule has 0 spiro atoms. The third-order valence-electron chi connectivity index (χ3n) is 4.08. The van der Waals surface area contributed by atoms with Gasteiger partial charge in [0, 0.05) is 38.9 Å². The fraction of sp³-hybridized carbons (Fsp3) is 0.500. The molecule has 1 aliphatic rings. The van der Waals surface area contributed by atoms with E-state index >= 15 is 0 Å². The van der Waals surface area contributed by atoms with Gasteiger partial charge < -0.3 is 21.1 Å². The number of anilines is 1. The van der Waals surface area contributed by atoms with Crippen LogP contribution in [0.2, 0.25) is 0 Å². The van der Waals surface area contributed by atoms with Crippen molar-refractivity contribution >= 4 is 17.5 Å². The largest absolute Gasteiger partial charge is 0.381 e. The Morgan fingerprint density at radius 3 is 2.41 bits per heavy atom. The van der Waals surface area contributed by atoms with Crippen LogP contribution in [-0.4, -0.2) is 31.6 Å². The van der Waals surface area contributed by atoms with Crippen molar-refractivity contribution in [1.82, 2.24) is 5.32 Å². The molecule has 1 heterocycles. The first kappa shape index (κ1) is 16.5. The zero-order chi connectivity index (χ0) is 16.0. The first-order valence-electron chi connectivity index (χ1n) is 7.48. The lowest BCUT2D eigenvalue weighted by Gasteiger charge is -2.34. The van der Waals surface area contributed by atoms with Crippen molar-refractivity contribution in [2.24, 2.45) is 11.1 Å². The maximum Gasteiger partial charge on any atom is 0.232 e. The van der Waals surface area contributed by atoms with Crippen LogP contribution in [-0.2, 0) is 20.9 Å². The number of ether oxygens (including phenoxy) is 1. The molecule has 0 atom stereocenters. The minimum atomic E-state index is -0.535. The first-order valence-corrected chi connectivity index (χ1v) is 7.48. The highest BCUT2D eigenvalue weighted by Crippen LogP contribution is 2.30. The first-order chi connectivity index (χ1) is 10.6. The van der Waals surface area contributed by atoms with Gasteiger partial charge in [-0.15, -0.1) is 0 Å². The normalized spacial score (nSPS) is 16.8. The van der Waals surface area contributed by atoms with Gasteiger partial charge >= 0.3 is 0 Å². The summed E-state index contributed by atoms with van der Waals surface area (Å²) in [6.07, 6.45) is 1.30. The van der Waals surface area contributed by atoms with E-state index in [4.69, 9.17) is 10.5 Å². The summed E-state index contributed by atoms with van der Waals surface area (Å²) in [6.45, 7) is 3.42. The van der Waals surface area contributed by atoms with Crippen molar-refractivity contribution in [3.05, 3.63) is 29.8 Å². The highest BCUT2D eigenvalue weighted by molar-refractivity contribution is 5.95. The van der Waals surface area contributed by atoms with E-state index in [-0.39, 0.29) is 11.8 Å². The molecular formula is C16H23N3O3. The van der Waals surface area contributed by atoms with Crippen LogP contribution in [0.5, 0.6) is 0 Å². The quantitative estimate of drug-likeness (QED) is 0.757. The average molecular weight is 305 g/mol. The van der Waals surface area contributed by atoms with E-state index in [1.165, 1.54) is 6.92 Å². The summed E-state index contributed by atoms with van der Waals surface area (Å²) in [5, 5.41) is 5.67. The zero-order valence-electron chi connectivity index (χ0n) is 12.9. The van der Waals surface area contributed by atoms with Gasteiger partial charge in [0.05, 0.1) is 5.41 Å². The lowest BCUT2D eigenvalue weighted by atomic mass is 9.79. The number of carbonyl (C=O) groups is 2. The van der Waals surface area contributed by atoms with Crippen LogP contribution >= 0.6 is 0 Å². The third-order valence-corrected chi connectivity index (χ3v) is 4.08. The molecule has 1 fully saturated rings. The van der Waals surface area contributed by atoms with Gasteiger partial charge in [-0.25, -0.2) is 0 Å². The Labute approximate surface area is 130 Å². The van der Waals surface area contributed by atoms with E-state index in [1.807, 2.05) is 24.3 Å². The van der Waals surface area contributed by atoms with Crippen LogP contribution in [0, 0.1) is 5.41 Å². The van der Waals surface area contributed by atoms with Crippen molar-refractivity contribution < 1.29 is 14.3 Å². The van der Waals surface area contributed by atoms with Crippen LogP contribution in [0.15, 0.2) is 24.3 Å². The van der Waals surface area contributed by atoms with E-state index in [2.05, 4.69) is 10.6 Å². The molecule has 0 aliphatic carbocycles. The smallest absolute Gasteiger partial charge is 0.232 e. The van der Waals surface area contributed by atoms with Gasteiger partial charge in [-0.3, -0.25) is 9.59 Å². The van der Waals surface area contributed by atoms with Crippen molar-refractivity contribution in [3.8, 4) is 0 Å². The van der Waals surface area contributed by atoms with Gasteiger partial charge in [0.25, 0.3) is 0 Å². The molecular weight excluding hydrogens is 282 g/mol. The van der Waals surface area contributed by atoms with Crippen molar-refractivity contribution in [2.75, 3.05) is 25.1 Å². The molecule has 0 aromatic heterocycles. The van der Waals surface area contributed by atoms with E-state index in [0.29, 0.717) is 39.1 Å². The zero-order valence-corrected chi connectivity index (χ0v) is 12.9. The Kier molecular flexibility index (Phi) is 5.51. The van der Waals surface area contributed by atoms with Crippen molar-refractivity contribution in [1.29, 1.82) is 0 Å². The number of benzene rings is 1. The topological polar surface area (TPSA) is 93.5 Å². The monoisotopic (exact) mass is 305 g/mol. The fourth-order valence-corrected chi connectivity index (χ4v) is 2.48. The van der Waals surface area contributed by atoms with E-state index < -0.39 is 5.41 Å². The second-order valence-corrected chi connectivity index (χ2v) is 5.66. The summed E-state index contributed by atoms with van der Waals surface area (Å²) < 4.78 is 5.32. The SMILES string of the molecule is CC(=O)NCc1ccc(NC(=O)C2(CN)CCOCC2)cc1.